The van der Waals surface area contributed by atoms with Crippen LogP contribution in [0.5, 0.6) is 0 Å². The second kappa shape index (κ2) is 9.37. The lowest BCUT2D eigenvalue weighted by atomic mass is 9.94. The first-order valence-electron chi connectivity index (χ1n) is 10.5. The molecule has 0 radical (unpaired) electrons. The maximum Gasteiger partial charge on any atom is 0.243 e. The van der Waals surface area contributed by atoms with E-state index >= 15 is 0 Å². The van der Waals surface area contributed by atoms with E-state index in [1.807, 2.05) is 7.05 Å². The van der Waals surface area contributed by atoms with Crippen LogP contribution in [0, 0.1) is 6.92 Å². The van der Waals surface area contributed by atoms with Gasteiger partial charge in [-0.1, -0.05) is 31.7 Å². The number of sulfonamides is 1. The molecular formula is C21H33N3O3S. The van der Waals surface area contributed by atoms with Gasteiger partial charge in [-0.3, -0.25) is 9.69 Å². The Kier molecular flexibility index (Phi) is 7.12. The van der Waals surface area contributed by atoms with Crippen LogP contribution in [0.25, 0.3) is 0 Å². The van der Waals surface area contributed by atoms with Gasteiger partial charge in [-0.05, 0) is 57.4 Å². The van der Waals surface area contributed by atoms with Gasteiger partial charge in [0.2, 0.25) is 15.9 Å². The molecule has 0 atom stereocenters. The highest BCUT2D eigenvalue weighted by molar-refractivity contribution is 7.89. The van der Waals surface area contributed by atoms with Crippen LogP contribution in [0.3, 0.4) is 0 Å². The van der Waals surface area contributed by atoms with E-state index in [-0.39, 0.29) is 5.91 Å². The van der Waals surface area contributed by atoms with Crippen molar-refractivity contribution < 1.29 is 13.2 Å². The summed E-state index contributed by atoms with van der Waals surface area (Å²) >= 11 is 0. The summed E-state index contributed by atoms with van der Waals surface area (Å²) in [5.41, 5.74) is 1.26. The quantitative estimate of drug-likeness (QED) is 0.785. The van der Waals surface area contributed by atoms with Crippen molar-refractivity contribution in [2.75, 3.05) is 32.0 Å². The van der Waals surface area contributed by atoms with Crippen molar-refractivity contribution in [2.45, 2.75) is 69.2 Å². The zero-order chi connectivity index (χ0) is 20.1. The average Bonchev–Trinajstić information content (AvgIpc) is 2.70. The molecule has 7 heteroatoms. The number of nitrogens with one attached hydrogen (secondary N) is 1. The van der Waals surface area contributed by atoms with Crippen molar-refractivity contribution in [1.29, 1.82) is 0 Å². The van der Waals surface area contributed by atoms with Gasteiger partial charge in [-0.15, -0.1) is 0 Å². The predicted molar refractivity (Wildman–Crippen MR) is 112 cm³/mol. The molecule has 0 aromatic heterocycles. The Hall–Kier alpha value is -1.44. The van der Waals surface area contributed by atoms with Crippen LogP contribution in [-0.4, -0.2) is 56.3 Å². The number of amides is 1. The monoisotopic (exact) mass is 407 g/mol. The van der Waals surface area contributed by atoms with Gasteiger partial charge in [0.1, 0.15) is 0 Å². The summed E-state index contributed by atoms with van der Waals surface area (Å²) in [4.78, 5) is 14.9. The minimum Gasteiger partial charge on any atom is -0.325 e. The number of carbonyl (C=O) groups is 1. The number of anilines is 1. The predicted octanol–water partition coefficient (Wildman–Crippen LogP) is 3.37. The summed E-state index contributed by atoms with van der Waals surface area (Å²) in [5, 5.41) is 2.89. The molecular weight excluding hydrogens is 374 g/mol. The maximum absolute atomic E-state index is 13.0. The van der Waals surface area contributed by atoms with E-state index in [1.54, 1.807) is 29.4 Å². The van der Waals surface area contributed by atoms with E-state index in [9.17, 15) is 13.2 Å². The molecule has 0 bridgehead atoms. The van der Waals surface area contributed by atoms with Crippen molar-refractivity contribution in [3.05, 3.63) is 23.8 Å². The molecule has 1 amide bonds. The minimum absolute atomic E-state index is 0.0988. The standard InChI is InChI=1S/C21H33N3O3S/c1-17-11-12-18(15-20(17)28(26,27)24-13-7-4-8-14-24)22-21(25)16-23(2)19-9-5-3-6-10-19/h11-12,15,19H,3-10,13-14,16H2,1-2H3,(H,22,25). The van der Waals surface area contributed by atoms with E-state index in [2.05, 4.69) is 10.2 Å². The van der Waals surface area contributed by atoms with Crippen LogP contribution in [0.1, 0.15) is 56.9 Å². The molecule has 3 rings (SSSR count). The molecule has 1 saturated heterocycles. The summed E-state index contributed by atoms with van der Waals surface area (Å²) in [7, 11) is -1.52. The molecule has 0 spiro atoms. The summed E-state index contributed by atoms with van der Waals surface area (Å²) < 4.78 is 27.6. The number of piperidine rings is 1. The Labute approximate surface area is 169 Å². The lowest BCUT2D eigenvalue weighted by molar-refractivity contribution is -0.117. The van der Waals surface area contributed by atoms with E-state index in [1.165, 1.54) is 19.3 Å². The topological polar surface area (TPSA) is 69.7 Å². The van der Waals surface area contributed by atoms with E-state index < -0.39 is 10.0 Å². The lowest BCUT2D eigenvalue weighted by Crippen LogP contribution is -2.39. The smallest absolute Gasteiger partial charge is 0.243 e. The zero-order valence-corrected chi connectivity index (χ0v) is 17.9. The third-order valence-corrected chi connectivity index (χ3v) is 8.04. The van der Waals surface area contributed by atoms with E-state index in [0.29, 0.717) is 41.8 Å². The number of nitrogens with zero attached hydrogens (tertiary/aromatic N) is 2. The fourth-order valence-corrected chi connectivity index (χ4v) is 6.05. The average molecular weight is 408 g/mol. The SMILES string of the molecule is Cc1ccc(NC(=O)CN(C)C2CCCCC2)cc1S(=O)(=O)N1CCCCC1. The molecule has 1 aliphatic carbocycles. The molecule has 1 heterocycles. The Balaban J connectivity index is 1.67. The van der Waals surface area contributed by atoms with Crippen LogP contribution in [0.2, 0.25) is 0 Å². The summed E-state index contributed by atoms with van der Waals surface area (Å²) in [5.74, 6) is -0.0988. The highest BCUT2D eigenvalue weighted by Gasteiger charge is 2.28. The third kappa shape index (κ3) is 5.13. The summed E-state index contributed by atoms with van der Waals surface area (Å²) in [6, 6.07) is 5.63. The fraction of sp³-hybridized carbons (Fsp3) is 0.667. The Morgan fingerprint density at radius 2 is 1.75 bits per heavy atom. The highest BCUT2D eigenvalue weighted by atomic mass is 32.2. The number of rotatable bonds is 6. The number of hydrogen-bond acceptors (Lipinski definition) is 4. The number of benzene rings is 1. The largest absolute Gasteiger partial charge is 0.325 e. The molecule has 28 heavy (non-hydrogen) atoms. The first-order valence-corrected chi connectivity index (χ1v) is 11.9. The summed E-state index contributed by atoms with van der Waals surface area (Å²) in [6.45, 7) is 3.28. The van der Waals surface area contributed by atoms with Gasteiger partial charge in [-0.25, -0.2) is 8.42 Å². The second-order valence-corrected chi connectivity index (χ2v) is 10.1. The molecule has 6 nitrogen and oxygen atoms in total. The number of likely N-dealkylation sites (N-methyl/N-ethyl adjacent to an activating group) is 1. The van der Waals surface area contributed by atoms with Crippen molar-refractivity contribution in [2.24, 2.45) is 0 Å². The zero-order valence-electron chi connectivity index (χ0n) is 17.1. The molecule has 2 fully saturated rings. The van der Waals surface area contributed by atoms with Crippen LogP contribution in [0.4, 0.5) is 5.69 Å². The van der Waals surface area contributed by atoms with Crippen molar-refractivity contribution in [3.63, 3.8) is 0 Å². The van der Waals surface area contributed by atoms with Gasteiger partial charge in [0.25, 0.3) is 0 Å². The normalized spacial score (nSPS) is 19.7. The van der Waals surface area contributed by atoms with Gasteiger partial charge in [0.15, 0.2) is 0 Å². The van der Waals surface area contributed by atoms with Gasteiger partial charge in [-0.2, -0.15) is 4.31 Å². The van der Waals surface area contributed by atoms with Gasteiger partial charge in [0.05, 0.1) is 11.4 Å². The number of aryl methyl sites for hydroxylation is 1. The van der Waals surface area contributed by atoms with E-state index in [4.69, 9.17) is 0 Å². The van der Waals surface area contributed by atoms with Gasteiger partial charge < -0.3 is 5.32 Å². The van der Waals surface area contributed by atoms with E-state index in [0.717, 1.165) is 32.1 Å². The molecule has 1 N–H and O–H groups in total. The molecule has 156 valence electrons. The Morgan fingerprint density at radius 1 is 1.11 bits per heavy atom. The first kappa shape index (κ1) is 21.3. The minimum atomic E-state index is -3.52. The Bertz CT molecular complexity index is 782. The third-order valence-electron chi connectivity index (χ3n) is 6.00. The lowest BCUT2D eigenvalue weighted by Gasteiger charge is -2.30. The van der Waals surface area contributed by atoms with Crippen LogP contribution in [-0.2, 0) is 14.8 Å². The molecule has 0 unspecified atom stereocenters. The van der Waals surface area contributed by atoms with Crippen molar-refractivity contribution >= 4 is 21.6 Å². The molecule has 1 aromatic rings. The van der Waals surface area contributed by atoms with Crippen molar-refractivity contribution in [1.82, 2.24) is 9.21 Å². The van der Waals surface area contributed by atoms with Gasteiger partial charge >= 0.3 is 0 Å². The molecule has 1 aliphatic heterocycles. The maximum atomic E-state index is 13.0. The van der Waals surface area contributed by atoms with Crippen molar-refractivity contribution in [3.8, 4) is 0 Å². The summed E-state index contributed by atoms with van der Waals surface area (Å²) in [6.07, 6.45) is 8.92. The number of carbonyl (C=O) groups excluding carboxylic acids is 1. The Morgan fingerprint density at radius 3 is 2.43 bits per heavy atom. The van der Waals surface area contributed by atoms with Crippen LogP contribution < -0.4 is 5.32 Å². The molecule has 1 aromatic carbocycles. The van der Waals surface area contributed by atoms with Gasteiger partial charge in [0, 0.05) is 24.8 Å². The highest BCUT2D eigenvalue weighted by Crippen LogP contribution is 2.26. The first-order chi connectivity index (χ1) is 13.4. The molecule has 1 saturated carbocycles. The molecule has 2 aliphatic rings. The second-order valence-electron chi connectivity index (χ2n) is 8.20. The van der Waals surface area contributed by atoms with Crippen LogP contribution in [0.15, 0.2) is 23.1 Å². The fourth-order valence-electron chi connectivity index (χ4n) is 4.28. The number of hydrogen-bond donors (Lipinski definition) is 1. The van der Waals surface area contributed by atoms with Crippen LogP contribution >= 0.6 is 0 Å².